The largest absolute Gasteiger partial charge is 0.389 e. The van der Waals surface area contributed by atoms with Crippen molar-refractivity contribution in [1.29, 1.82) is 0 Å². The number of hydrogen-bond donors (Lipinski definition) is 2. The lowest BCUT2D eigenvalue weighted by molar-refractivity contribution is 0.0303. The highest BCUT2D eigenvalue weighted by molar-refractivity contribution is 7.91. The molecular formula is C12H20N2O3S2. The molecule has 19 heavy (non-hydrogen) atoms. The Kier molecular flexibility index (Phi) is 4.60. The van der Waals surface area contributed by atoms with E-state index in [0.29, 0.717) is 17.8 Å². The van der Waals surface area contributed by atoms with Crippen molar-refractivity contribution in [1.82, 2.24) is 9.71 Å². The van der Waals surface area contributed by atoms with E-state index in [2.05, 4.69) is 9.71 Å². The van der Waals surface area contributed by atoms with Crippen LogP contribution in [0.2, 0.25) is 0 Å². The Labute approximate surface area is 118 Å². The van der Waals surface area contributed by atoms with Gasteiger partial charge in [0.2, 0.25) is 0 Å². The maximum atomic E-state index is 12.1. The van der Waals surface area contributed by atoms with Gasteiger partial charge in [0.15, 0.2) is 4.21 Å². The molecule has 1 aromatic heterocycles. The molecule has 0 unspecified atom stereocenters. The summed E-state index contributed by atoms with van der Waals surface area (Å²) in [7, 11) is -3.54. The molecule has 1 aliphatic carbocycles. The first-order valence-electron chi connectivity index (χ1n) is 6.56. The van der Waals surface area contributed by atoms with Crippen LogP contribution < -0.4 is 4.72 Å². The van der Waals surface area contributed by atoms with Crippen molar-refractivity contribution in [2.45, 2.75) is 55.3 Å². The molecule has 1 saturated carbocycles. The Morgan fingerprint density at radius 3 is 2.53 bits per heavy atom. The second kappa shape index (κ2) is 5.87. The molecule has 0 radical (unpaired) electrons. The van der Waals surface area contributed by atoms with E-state index in [1.165, 1.54) is 6.20 Å². The van der Waals surface area contributed by atoms with Gasteiger partial charge in [-0.05, 0) is 19.8 Å². The van der Waals surface area contributed by atoms with Crippen LogP contribution in [0.4, 0.5) is 0 Å². The van der Waals surface area contributed by atoms with E-state index in [9.17, 15) is 13.5 Å². The topological polar surface area (TPSA) is 79.3 Å². The van der Waals surface area contributed by atoms with E-state index in [1.807, 2.05) is 0 Å². The number of rotatable bonds is 4. The summed E-state index contributed by atoms with van der Waals surface area (Å²) in [5.41, 5.74) is -0.900. The summed E-state index contributed by atoms with van der Waals surface area (Å²) in [6, 6.07) is 0. The lowest BCUT2D eigenvalue weighted by Gasteiger charge is -2.26. The summed E-state index contributed by atoms with van der Waals surface area (Å²) in [5, 5.41) is 11.1. The predicted octanol–water partition coefficient (Wildman–Crippen LogP) is 1.82. The number of hydrogen-bond acceptors (Lipinski definition) is 5. The SMILES string of the molecule is Cc1ncc(S(=O)(=O)NCC2(O)CCCCCC2)s1. The van der Waals surface area contributed by atoms with E-state index >= 15 is 0 Å². The summed E-state index contributed by atoms with van der Waals surface area (Å²) in [5.74, 6) is 0. The fourth-order valence-electron chi connectivity index (χ4n) is 2.33. The smallest absolute Gasteiger partial charge is 0.251 e. The zero-order valence-electron chi connectivity index (χ0n) is 11.1. The molecule has 0 aromatic carbocycles. The monoisotopic (exact) mass is 304 g/mol. The number of aromatic nitrogens is 1. The highest BCUT2D eigenvalue weighted by Gasteiger charge is 2.30. The molecule has 1 heterocycles. The van der Waals surface area contributed by atoms with Crippen molar-refractivity contribution in [3.8, 4) is 0 Å². The molecule has 0 atom stereocenters. The molecule has 7 heteroatoms. The van der Waals surface area contributed by atoms with Crippen LogP contribution in [0.15, 0.2) is 10.4 Å². The Morgan fingerprint density at radius 1 is 1.37 bits per heavy atom. The van der Waals surface area contributed by atoms with Crippen LogP contribution in [0.25, 0.3) is 0 Å². The fourth-order valence-corrected chi connectivity index (χ4v) is 4.60. The van der Waals surface area contributed by atoms with Crippen molar-refractivity contribution in [3.63, 3.8) is 0 Å². The minimum atomic E-state index is -3.54. The summed E-state index contributed by atoms with van der Waals surface area (Å²) in [6.45, 7) is 1.86. The minimum absolute atomic E-state index is 0.0896. The third-order valence-corrected chi connectivity index (χ3v) is 6.27. The fraction of sp³-hybridized carbons (Fsp3) is 0.750. The third kappa shape index (κ3) is 3.98. The van der Waals surface area contributed by atoms with Gasteiger partial charge in [0.05, 0.1) is 16.8 Å². The first kappa shape index (κ1) is 14.9. The van der Waals surface area contributed by atoms with E-state index in [1.54, 1.807) is 6.92 Å². The van der Waals surface area contributed by atoms with Gasteiger partial charge in [0.25, 0.3) is 10.0 Å². The molecule has 5 nitrogen and oxygen atoms in total. The first-order chi connectivity index (χ1) is 8.91. The number of aryl methyl sites for hydroxylation is 1. The maximum Gasteiger partial charge on any atom is 0.251 e. The van der Waals surface area contributed by atoms with Crippen molar-refractivity contribution in [2.75, 3.05) is 6.54 Å². The highest BCUT2D eigenvalue weighted by Crippen LogP contribution is 2.27. The molecule has 1 aromatic rings. The molecule has 1 fully saturated rings. The van der Waals surface area contributed by atoms with Crippen molar-refractivity contribution in [2.24, 2.45) is 0 Å². The molecule has 2 N–H and O–H groups in total. The second-order valence-corrected chi connectivity index (χ2v) is 8.39. The third-order valence-electron chi connectivity index (χ3n) is 3.49. The van der Waals surface area contributed by atoms with Gasteiger partial charge in [-0.15, -0.1) is 11.3 Å². The van der Waals surface area contributed by atoms with Crippen molar-refractivity contribution < 1.29 is 13.5 Å². The molecule has 1 aliphatic rings. The molecule has 0 amide bonds. The number of nitrogens with one attached hydrogen (secondary N) is 1. The van der Waals surface area contributed by atoms with Gasteiger partial charge in [-0.3, -0.25) is 0 Å². The van der Waals surface area contributed by atoms with Gasteiger partial charge in [0.1, 0.15) is 0 Å². The summed E-state index contributed by atoms with van der Waals surface area (Å²) < 4.78 is 26.9. The van der Waals surface area contributed by atoms with Gasteiger partial charge in [-0.2, -0.15) is 0 Å². The Bertz CT molecular complexity index is 517. The number of aliphatic hydroxyl groups is 1. The Balaban J connectivity index is 2.01. The van der Waals surface area contributed by atoms with E-state index in [4.69, 9.17) is 0 Å². The number of thiazole rings is 1. The lowest BCUT2D eigenvalue weighted by atomic mass is 9.95. The molecule has 2 rings (SSSR count). The summed E-state index contributed by atoms with van der Waals surface area (Å²) >= 11 is 1.14. The summed E-state index contributed by atoms with van der Waals surface area (Å²) in [4.78, 5) is 3.95. The number of sulfonamides is 1. The van der Waals surface area contributed by atoms with Crippen LogP contribution in [0.3, 0.4) is 0 Å². The quantitative estimate of drug-likeness (QED) is 0.832. The average molecular weight is 304 g/mol. The standard InChI is InChI=1S/C12H20N2O3S2/c1-10-13-8-11(18-10)19(16,17)14-9-12(15)6-4-2-3-5-7-12/h8,14-15H,2-7,9H2,1H3. The molecule has 0 saturated heterocycles. The summed E-state index contributed by atoms with van der Waals surface area (Å²) in [6.07, 6.45) is 6.83. The highest BCUT2D eigenvalue weighted by atomic mass is 32.2. The maximum absolute atomic E-state index is 12.1. The van der Waals surface area contributed by atoms with Gasteiger partial charge >= 0.3 is 0 Å². The van der Waals surface area contributed by atoms with E-state index in [0.717, 1.165) is 37.0 Å². The first-order valence-corrected chi connectivity index (χ1v) is 8.86. The van der Waals surface area contributed by atoms with Crippen molar-refractivity contribution >= 4 is 21.4 Å². The Hall–Kier alpha value is -0.500. The van der Waals surface area contributed by atoms with Gasteiger partial charge < -0.3 is 5.11 Å². The van der Waals surface area contributed by atoms with Crippen LogP contribution in [-0.2, 0) is 10.0 Å². The van der Waals surface area contributed by atoms with Gasteiger partial charge in [-0.1, -0.05) is 25.7 Å². The lowest BCUT2D eigenvalue weighted by Crippen LogP contribution is -2.42. The molecule has 0 spiro atoms. The number of nitrogens with zero attached hydrogens (tertiary/aromatic N) is 1. The Morgan fingerprint density at radius 2 is 2.00 bits per heavy atom. The van der Waals surface area contributed by atoms with Crippen LogP contribution in [0.1, 0.15) is 43.5 Å². The van der Waals surface area contributed by atoms with Gasteiger partial charge in [-0.25, -0.2) is 18.1 Å². The van der Waals surface area contributed by atoms with Crippen molar-refractivity contribution in [3.05, 3.63) is 11.2 Å². The zero-order chi connectivity index (χ0) is 13.9. The molecule has 108 valence electrons. The average Bonchev–Trinajstić information content (AvgIpc) is 2.68. The minimum Gasteiger partial charge on any atom is -0.389 e. The predicted molar refractivity (Wildman–Crippen MR) is 74.7 cm³/mol. The molecule has 0 aliphatic heterocycles. The van der Waals surface area contributed by atoms with E-state index in [-0.39, 0.29) is 10.8 Å². The molecule has 0 bridgehead atoms. The van der Waals surface area contributed by atoms with Crippen LogP contribution in [0, 0.1) is 6.92 Å². The zero-order valence-corrected chi connectivity index (χ0v) is 12.7. The second-order valence-electron chi connectivity index (χ2n) is 5.16. The van der Waals surface area contributed by atoms with Crippen LogP contribution >= 0.6 is 11.3 Å². The van der Waals surface area contributed by atoms with Crippen LogP contribution in [-0.4, -0.2) is 30.7 Å². The normalized spacial score (nSPS) is 20.1. The van der Waals surface area contributed by atoms with Crippen LogP contribution in [0.5, 0.6) is 0 Å². The van der Waals surface area contributed by atoms with Gasteiger partial charge in [0, 0.05) is 6.54 Å². The van der Waals surface area contributed by atoms with E-state index < -0.39 is 15.6 Å². The molecular weight excluding hydrogens is 284 g/mol.